The van der Waals surface area contributed by atoms with Crippen molar-refractivity contribution in [3.8, 4) is 0 Å². The normalized spacial score (nSPS) is 14.0. The van der Waals surface area contributed by atoms with Crippen molar-refractivity contribution >= 4 is 29.2 Å². The Balaban J connectivity index is 1.75. The first kappa shape index (κ1) is 17.8. The summed E-state index contributed by atoms with van der Waals surface area (Å²) in [4.78, 5) is 43.4. The summed E-state index contributed by atoms with van der Waals surface area (Å²) < 4.78 is 0. The van der Waals surface area contributed by atoms with Crippen LogP contribution in [0.4, 0.5) is 11.4 Å². The van der Waals surface area contributed by atoms with Crippen LogP contribution in [0.5, 0.6) is 0 Å². The summed E-state index contributed by atoms with van der Waals surface area (Å²) in [6.45, 7) is 0.665. The molecule has 2 amide bonds. The van der Waals surface area contributed by atoms with Gasteiger partial charge in [0.2, 0.25) is 0 Å². The second-order valence-corrected chi connectivity index (χ2v) is 5.98. The van der Waals surface area contributed by atoms with E-state index in [9.17, 15) is 14.4 Å². The summed E-state index contributed by atoms with van der Waals surface area (Å²) in [5.41, 5.74) is 2.18. The van der Waals surface area contributed by atoms with Gasteiger partial charge in [-0.25, -0.2) is 4.79 Å². The van der Waals surface area contributed by atoms with Crippen LogP contribution in [0.3, 0.4) is 0 Å². The Morgan fingerprint density at radius 2 is 1.58 bits per heavy atom. The molecule has 1 saturated heterocycles. The van der Waals surface area contributed by atoms with E-state index >= 15 is 0 Å². The van der Waals surface area contributed by atoms with Gasteiger partial charge in [-0.1, -0.05) is 0 Å². The van der Waals surface area contributed by atoms with Crippen LogP contribution in [0.1, 0.15) is 25.7 Å². The maximum atomic E-state index is 11.7. The van der Waals surface area contributed by atoms with Gasteiger partial charge in [-0.3, -0.25) is 9.59 Å². The molecule has 2 rings (SSSR count). The lowest BCUT2D eigenvalue weighted by atomic mass is 10.2. The first-order valence-electron chi connectivity index (χ1n) is 7.93. The number of carbonyl (C=O) groups is 3. The highest BCUT2D eigenvalue weighted by Crippen LogP contribution is 2.19. The Labute approximate surface area is 141 Å². The van der Waals surface area contributed by atoms with Gasteiger partial charge in [-0.05, 0) is 30.7 Å². The lowest BCUT2D eigenvalue weighted by Gasteiger charge is -2.20. The largest absolute Gasteiger partial charge is 0.378 e. The molecule has 130 valence electrons. The van der Waals surface area contributed by atoms with E-state index in [1.165, 1.54) is 0 Å². The summed E-state index contributed by atoms with van der Waals surface area (Å²) in [5.74, 6) is -1.46. The average molecular weight is 333 g/mol. The SMILES string of the molecule is CN(C)c1ccc(N(C)CCCC(=O)ON2C(=O)CCC2=O)cc1. The lowest BCUT2D eigenvalue weighted by molar-refractivity contribution is -0.197. The predicted octanol–water partition coefficient (Wildman–Crippen LogP) is 1.58. The minimum Gasteiger partial charge on any atom is -0.378 e. The quantitative estimate of drug-likeness (QED) is 0.706. The number of amides is 2. The van der Waals surface area contributed by atoms with Crippen molar-refractivity contribution in [2.75, 3.05) is 37.5 Å². The van der Waals surface area contributed by atoms with Crippen molar-refractivity contribution in [2.45, 2.75) is 25.7 Å². The molecule has 7 heteroatoms. The maximum Gasteiger partial charge on any atom is 0.333 e. The number of hydroxylamine groups is 2. The third kappa shape index (κ3) is 4.47. The smallest absolute Gasteiger partial charge is 0.333 e. The van der Waals surface area contributed by atoms with E-state index in [-0.39, 0.29) is 19.3 Å². The molecule has 0 bridgehead atoms. The van der Waals surface area contributed by atoms with Crippen molar-refractivity contribution in [3.05, 3.63) is 24.3 Å². The summed E-state index contributed by atoms with van der Waals surface area (Å²) >= 11 is 0. The second kappa shape index (κ2) is 7.81. The number of hydrogen-bond acceptors (Lipinski definition) is 6. The minimum atomic E-state index is -0.560. The van der Waals surface area contributed by atoms with E-state index < -0.39 is 17.8 Å². The number of imide groups is 1. The van der Waals surface area contributed by atoms with Crippen molar-refractivity contribution in [3.63, 3.8) is 0 Å². The maximum absolute atomic E-state index is 11.7. The molecule has 0 saturated carbocycles. The van der Waals surface area contributed by atoms with Crippen molar-refractivity contribution in [1.82, 2.24) is 5.06 Å². The molecule has 0 atom stereocenters. The molecule has 0 spiro atoms. The molecular formula is C17H23N3O4. The van der Waals surface area contributed by atoms with Crippen LogP contribution >= 0.6 is 0 Å². The molecule has 1 aliphatic rings. The van der Waals surface area contributed by atoms with E-state index in [0.29, 0.717) is 18.0 Å². The van der Waals surface area contributed by atoms with E-state index in [0.717, 1.165) is 11.4 Å². The second-order valence-electron chi connectivity index (χ2n) is 5.98. The molecule has 0 unspecified atom stereocenters. The molecule has 1 heterocycles. The Morgan fingerprint density at radius 1 is 1.04 bits per heavy atom. The van der Waals surface area contributed by atoms with Crippen molar-refractivity contribution in [2.24, 2.45) is 0 Å². The van der Waals surface area contributed by atoms with Gasteiger partial charge >= 0.3 is 5.97 Å². The third-order valence-electron chi connectivity index (χ3n) is 3.88. The summed E-state index contributed by atoms with van der Waals surface area (Å²) in [5, 5.41) is 0.589. The fraction of sp³-hybridized carbons (Fsp3) is 0.471. The number of hydrogen-bond donors (Lipinski definition) is 0. The topological polar surface area (TPSA) is 70.2 Å². The highest BCUT2D eigenvalue weighted by atomic mass is 16.7. The zero-order valence-corrected chi connectivity index (χ0v) is 14.3. The summed E-state index contributed by atoms with van der Waals surface area (Å²) in [6.07, 6.45) is 0.938. The number of rotatable bonds is 7. The van der Waals surface area contributed by atoms with Gasteiger partial charge in [-0.2, -0.15) is 0 Å². The first-order chi connectivity index (χ1) is 11.4. The molecular weight excluding hydrogens is 310 g/mol. The molecule has 0 aliphatic carbocycles. The Hall–Kier alpha value is -2.57. The zero-order chi connectivity index (χ0) is 17.7. The number of benzene rings is 1. The third-order valence-corrected chi connectivity index (χ3v) is 3.88. The van der Waals surface area contributed by atoms with Crippen molar-refractivity contribution in [1.29, 1.82) is 0 Å². The van der Waals surface area contributed by atoms with Gasteiger partial charge in [-0.15, -0.1) is 5.06 Å². The fourth-order valence-corrected chi connectivity index (χ4v) is 2.40. The molecule has 1 aliphatic heterocycles. The van der Waals surface area contributed by atoms with Crippen LogP contribution in [0, 0.1) is 0 Å². The molecule has 1 aromatic rings. The van der Waals surface area contributed by atoms with E-state index in [4.69, 9.17) is 4.84 Å². The van der Waals surface area contributed by atoms with Gasteiger partial charge in [0, 0.05) is 58.3 Å². The van der Waals surface area contributed by atoms with E-state index in [1.807, 2.05) is 55.2 Å². The summed E-state index contributed by atoms with van der Waals surface area (Å²) in [7, 11) is 5.92. The zero-order valence-electron chi connectivity index (χ0n) is 14.3. The highest BCUT2D eigenvalue weighted by molar-refractivity contribution is 6.01. The molecule has 0 N–H and O–H groups in total. The molecule has 24 heavy (non-hydrogen) atoms. The van der Waals surface area contributed by atoms with E-state index in [2.05, 4.69) is 0 Å². The van der Waals surface area contributed by atoms with Crippen LogP contribution in [0.25, 0.3) is 0 Å². The molecule has 7 nitrogen and oxygen atoms in total. The molecule has 1 aromatic carbocycles. The molecule has 0 radical (unpaired) electrons. The first-order valence-corrected chi connectivity index (χ1v) is 7.93. The summed E-state index contributed by atoms with van der Waals surface area (Å²) in [6, 6.07) is 8.11. The monoisotopic (exact) mass is 333 g/mol. The van der Waals surface area contributed by atoms with Gasteiger partial charge in [0.1, 0.15) is 0 Å². The Kier molecular flexibility index (Phi) is 5.78. The van der Waals surface area contributed by atoms with Gasteiger partial charge in [0.25, 0.3) is 11.8 Å². The number of nitrogens with zero attached hydrogens (tertiary/aromatic N) is 3. The van der Waals surface area contributed by atoms with Crippen molar-refractivity contribution < 1.29 is 19.2 Å². The highest BCUT2D eigenvalue weighted by Gasteiger charge is 2.32. The minimum absolute atomic E-state index is 0.109. The Bertz CT molecular complexity index is 597. The number of carbonyl (C=O) groups excluding carboxylic acids is 3. The average Bonchev–Trinajstić information content (AvgIpc) is 2.86. The fourth-order valence-electron chi connectivity index (χ4n) is 2.40. The Morgan fingerprint density at radius 3 is 2.12 bits per heavy atom. The van der Waals surface area contributed by atoms with Crippen LogP contribution < -0.4 is 9.80 Å². The van der Waals surface area contributed by atoms with E-state index in [1.54, 1.807) is 0 Å². The van der Waals surface area contributed by atoms with Crippen LogP contribution in [0.15, 0.2) is 24.3 Å². The molecule has 1 fully saturated rings. The van der Waals surface area contributed by atoms with Crippen LogP contribution in [-0.2, 0) is 19.2 Å². The number of anilines is 2. The van der Waals surface area contributed by atoms with Gasteiger partial charge in [0.15, 0.2) is 0 Å². The van der Waals surface area contributed by atoms with Crippen LogP contribution in [-0.4, -0.2) is 50.5 Å². The lowest BCUT2D eigenvalue weighted by Crippen LogP contribution is -2.32. The van der Waals surface area contributed by atoms with Gasteiger partial charge in [0.05, 0.1) is 0 Å². The van der Waals surface area contributed by atoms with Gasteiger partial charge < -0.3 is 14.6 Å². The predicted molar refractivity (Wildman–Crippen MR) is 90.5 cm³/mol. The van der Waals surface area contributed by atoms with Crippen LogP contribution in [0.2, 0.25) is 0 Å². The molecule has 0 aromatic heterocycles. The standard InChI is InChI=1S/C17H23N3O4/c1-18(2)13-6-8-14(9-7-13)19(3)12-4-5-17(23)24-20-15(21)10-11-16(20)22/h6-9H,4-5,10-12H2,1-3H3.